The van der Waals surface area contributed by atoms with E-state index in [1.165, 1.54) is 60.4 Å². The van der Waals surface area contributed by atoms with E-state index in [0.717, 1.165) is 56.3 Å². The Bertz CT molecular complexity index is 3680. The Balaban J connectivity index is 0.904. The van der Waals surface area contributed by atoms with Gasteiger partial charge in [-0.05, 0) is 138 Å². The van der Waals surface area contributed by atoms with Gasteiger partial charge in [-0.15, -0.1) is 0 Å². The molecule has 0 aliphatic carbocycles. The zero-order valence-corrected chi connectivity index (χ0v) is 36.2. The number of benzene rings is 9. The minimum absolute atomic E-state index is 0.993. The molecule has 0 amide bonds. The second-order valence-corrected chi connectivity index (χ2v) is 16.9. The Hall–Kier alpha value is -8.47. The van der Waals surface area contributed by atoms with Gasteiger partial charge < -0.3 is 14.0 Å². The first-order valence-electron chi connectivity index (χ1n) is 22.3. The number of hydrogen-bond donors (Lipinski definition) is 0. The third-order valence-corrected chi connectivity index (χ3v) is 13.0. The van der Waals surface area contributed by atoms with Crippen molar-refractivity contribution in [3.05, 3.63) is 242 Å². The molecule has 0 spiro atoms. The first-order valence-corrected chi connectivity index (χ1v) is 22.3. The van der Waals surface area contributed by atoms with Gasteiger partial charge in [-0.2, -0.15) is 0 Å². The zero-order valence-electron chi connectivity index (χ0n) is 36.2. The van der Waals surface area contributed by atoms with Gasteiger partial charge in [-0.25, -0.2) is 0 Å². The van der Waals surface area contributed by atoms with Crippen LogP contribution in [0.2, 0.25) is 0 Å². The van der Waals surface area contributed by atoms with E-state index in [2.05, 4.69) is 252 Å². The molecule has 0 aliphatic rings. The third-order valence-electron chi connectivity index (χ3n) is 13.0. The van der Waals surface area contributed by atoms with Gasteiger partial charge in [0.05, 0.1) is 39.6 Å². The van der Waals surface area contributed by atoms with Crippen LogP contribution >= 0.6 is 0 Å². The largest absolute Gasteiger partial charge is 0.310 e. The minimum Gasteiger partial charge on any atom is -0.310 e. The minimum atomic E-state index is 0.993. The summed E-state index contributed by atoms with van der Waals surface area (Å²) in [6.07, 6.45) is 2.04. The molecule has 3 aromatic heterocycles. The molecule has 0 aliphatic heterocycles. The zero-order chi connectivity index (χ0) is 43.4. The normalized spacial score (nSPS) is 11.5. The molecule has 0 unspecified atom stereocenters. The molecule has 0 radical (unpaired) electrons. The number of para-hydroxylation sites is 4. The lowest BCUT2D eigenvalue weighted by atomic mass is 10.00. The number of aryl methyl sites for hydroxylation is 2. The van der Waals surface area contributed by atoms with Gasteiger partial charge in [0.1, 0.15) is 0 Å². The Kier molecular flexibility index (Phi) is 9.24. The highest BCUT2D eigenvalue weighted by atomic mass is 15.1. The fourth-order valence-electron chi connectivity index (χ4n) is 9.91. The fourth-order valence-corrected chi connectivity index (χ4v) is 9.91. The highest BCUT2D eigenvalue weighted by molar-refractivity contribution is 6.12. The Labute approximate surface area is 378 Å². The quantitative estimate of drug-likeness (QED) is 0.152. The maximum Gasteiger partial charge on any atom is 0.0735 e. The summed E-state index contributed by atoms with van der Waals surface area (Å²) in [6, 6.07) is 80.9. The number of aromatic nitrogens is 3. The van der Waals surface area contributed by atoms with Gasteiger partial charge in [0.2, 0.25) is 0 Å². The summed E-state index contributed by atoms with van der Waals surface area (Å²) in [6.45, 7) is 4.37. The number of rotatable bonds is 8. The van der Waals surface area contributed by atoms with E-state index in [0.29, 0.717) is 0 Å². The molecular weight excluding hydrogens is 789 g/mol. The molecule has 9 aromatic carbocycles. The van der Waals surface area contributed by atoms with E-state index in [4.69, 9.17) is 4.98 Å². The molecule has 0 atom stereocenters. The summed E-state index contributed by atoms with van der Waals surface area (Å²) in [7, 11) is 0. The molecule has 3 heterocycles. The number of hydrogen-bond acceptors (Lipinski definition) is 2. The highest BCUT2D eigenvalue weighted by Crippen LogP contribution is 2.40. The SMILES string of the molecule is Cc1cc(N(c2ccccc2)c2ccccc2)ccc1-c1ncc(-n2c3ccccc3c3cc(-c4ccc5c(c4)c4ccccc4n5-c4ccc(-c5ccccc5)cc4)ccc32)cc1C. The maximum absolute atomic E-state index is 5.19. The van der Waals surface area contributed by atoms with Crippen molar-refractivity contribution in [1.29, 1.82) is 0 Å². The smallest absolute Gasteiger partial charge is 0.0735 e. The van der Waals surface area contributed by atoms with Gasteiger partial charge in [0, 0.05) is 49.9 Å². The predicted molar refractivity (Wildman–Crippen MR) is 273 cm³/mol. The van der Waals surface area contributed by atoms with Crippen molar-refractivity contribution in [1.82, 2.24) is 14.1 Å². The summed E-state index contributed by atoms with van der Waals surface area (Å²) < 4.78 is 4.76. The molecule has 12 rings (SSSR count). The van der Waals surface area contributed by atoms with Crippen molar-refractivity contribution in [3.8, 4) is 44.9 Å². The second-order valence-electron chi connectivity index (χ2n) is 16.9. The Morgan fingerprint density at radius 1 is 0.338 bits per heavy atom. The van der Waals surface area contributed by atoms with Crippen LogP contribution in [0.25, 0.3) is 88.5 Å². The second kappa shape index (κ2) is 15.7. The molecule has 0 saturated heterocycles. The molecule has 0 saturated carbocycles. The van der Waals surface area contributed by atoms with Crippen molar-refractivity contribution in [3.63, 3.8) is 0 Å². The molecule has 0 N–H and O–H groups in total. The van der Waals surface area contributed by atoms with E-state index in [1.807, 2.05) is 6.20 Å². The van der Waals surface area contributed by atoms with Gasteiger partial charge in [-0.1, -0.05) is 133 Å². The van der Waals surface area contributed by atoms with Crippen molar-refractivity contribution < 1.29 is 0 Å². The summed E-state index contributed by atoms with van der Waals surface area (Å²) in [4.78, 5) is 7.50. The monoisotopic (exact) mass is 832 g/mol. The number of pyridine rings is 1. The van der Waals surface area contributed by atoms with Gasteiger partial charge >= 0.3 is 0 Å². The van der Waals surface area contributed by atoms with Crippen molar-refractivity contribution in [2.24, 2.45) is 0 Å². The number of nitrogens with zero attached hydrogens (tertiary/aromatic N) is 4. The van der Waals surface area contributed by atoms with Crippen LogP contribution in [0.3, 0.4) is 0 Å². The van der Waals surface area contributed by atoms with Crippen molar-refractivity contribution >= 4 is 60.7 Å². The van der Waals surface area contributed by atoms with E-state index < -0.39 is 0 Å². The van der Waals surface area contributed by atoms with Crippen LogP contribution in [0.1, 0.15) is 11.1 Å². The van der Waals surface area contributed by atoms with Crippen LogP contribution in [-0.4, -0.2) is 14.1 Å². The Morgan fingerprint density at radius 3 is 1.37 bits per heavy atom. The van der Waals surface area contributed by atoms with E-state index in [1.54, 1.807) is 0 Å². The summed E-state index contributed by atoms with van der Waals surface area (Å²) >= 11 is 0. The average molecular weight is 833 g/mol. The van der Waals surface area contributed by atoms with E-state index >= 15 is 0 Å². The number of fused-ring (bicyclic) bond motifs is 6. The third kappa shape index (κ3) is 6.58. The lowest BCUT2D eigenvalue weighted by molar-refractivity contribution is 1.12. The topological polar surface area (TPSA) is 26.0 Å². The lowest BCUT2D eigenvalue weighted by Gasteiger charge is -2.26. The molecule has 0 bridgehead atoms. The first-order chi connectivity index (χ1) is 32.1. The lowest BCUT2D eigenvalue weighted by Crippen LogP contribution is -2.10. The van der Waals surface area contributed by atoms with Crippen LogP contribution in [0.4, 0.5) is 17.1 Å². The van der Waals surface area contributed by atoms with Gasteiger partial charge in [0.25, 0.3) is 0 Å². The molecule has 12 aromatic rings. The van der Waals surface area contributed by atoms with Crippen LogP contribution in [0, 0.1) is 13.8 Å². The molecular formula is C61H44N4. The molecule has 4 heteroatoms. The average Bonchev–Trinajstić information content (AvgIpc) is 3.87. The van der Waals surface area contributed by atoms with Gasteiger partial charge in [-0.3, -0.25) is 4.98 Å². The van der Waals surface area contributed by atoms with E-state index in [-0.39, 0.29) is 0 Å². The van der Waals surface area contributed by atoms with Crippen molar-refractivity contribution in [2.45, 2.75) is 13.8 Å². The van der Waals surface area contributed by atoms with Crippen LogP contribution in [0.15, 0.2) is 231 Å². The van der Waals surface area contributed by atoms with Crippen molar-refractivity contribution in [2.75, 3.05) is 4.90 Å². The summed E-state index contributed by atoms with van der Waals surface area (Å²) in [5, 5.41) is 4.92. The first kappa shape index (κ1) is 38.2. The van der Waals surface area contributed by atoms with Crippen LogP contribution in [0.5, 0.6) is 0 Å². The maximum atomic E-state index is 5.19. The Morgan fingerprint density at radius 2 is 0.815 bits per heavy atom. The molecule has 4 nitrogen and oxygen atoms in total. The summed E-state index contributed by atoms with van der Waals surface area (Å²) in [5.41, 5.74) is 19.5. The standard InChI is InChI=1S/C61H44N4/c1-41-36-50(63(47-18-8-4-9-19-47)48-20-10-5-11-21-48)32-33-52(41)61-42(2)37-51(40-62-61)65-58-25-15-13-23-54(58)56-39-46(29-35-60(56)65)45-28-34-59-55(38-45)53-22-12-14-24-57(53)64(59)49-30-26-44(27-31-49)43-16-6-3-7-17-43/h3-40H,1-2H3. The predicted octanol–water partition coefficient (Wildman–Crippen LogP) is 16.4. The van der Waals surface area contributed by atoms with Gasteiger partial charge in [0.15, 0.2) is 0 Å². The fraction of sp³-hybridized carbons (Fsp3) is 0.0328. The number of anilines is 3. The highest BCUT2D eigenvalue weighted by Gasteiger charge is 2.19. The summed E-state index contributed by atoms with van der Waals surface area (Å²) in [5.74, 6) is 0. The molecule has 308 valence electrons. The van der Waals surface area contributed by atoms with E-state index in [9.17, 15) is 0 Å². The molecule has 65 heavy (non-hydrogen) atoms. The van der Waals surface area contributed by atoms with Crippen LogP contribution in [-0.2, 0) is 0 Å². The molecule has 0 fully saturated rings. The van der Waals surface area contributed by atoms with Crippen LogP contribution < -0.4 is 4.90 Å².